The minimum absolute atomic E-state index is 0.109. The Labute approximate surface area is 147 Å². The average molecular weight is 320 g/mol. The molecule has 4 atom stereocenters. The summed E-state index contributed by atoms with van der Waals surface area (Å²) in [6.45, 7) is 0. The van der Waals surface area contributed by atoms with Crippen molar-refractivity contribution in [1.82, 2.24) is 0 Å². The first kappa shape index (κ1) is 14.3. The van der Waals surface area contributed by atoms with Crippen molar-refractivity contribution in [2.45, 2.75) is 11.8 Å². The molecule has 2 heteroatoms. The molecule has 3 aliphatic rings. The van der Waals surface area contributed by atoms with Crippen molar-refractivity contribution >= 4 is 5.57 Å². The monoisotopic (exact) mass is 320 g/mol. The van der Waals surface area contributed by atoms with Crippen molar-refractivity contribution in [3.63, 3.8) is 0 Å². The first-order valence-corrected chi connectivity index (χ1v) is 8.64. The van der Waals surface area contributed by atoms with Gasteiger partial charge in [0.2, 0.25) is 0 Å². The maximum absolute atomic E-state index is 10.2. The highest BCUT2D eigenvalue weighted by Gasteiger charge is 2.79. The zero-order chi connectivity index (χ0) is 17.1. The van der Waals surface area contributed by atoms with Crippen LogP contribution < -0.4 is 0 Å². The third kappa shape index (κ3) is 1.57. The van der Waals surface area contributed by atoms with Crippen LogP contribution >= 0.6 is 0 Å². The molecule has 0 N–H and O–H groups in total. The summed E-state index contributed by atoms with van der Waals surface area (Å²) < 4.78 is 0. The first-order chi connectivity index (χ1) is 12.3. The molecule has 25 heavy (non-hydrogen) atoms. The van der Waals surface area contributed by atoms with Gasteiger partial charge in [0.25, 0.3) is 0 Å². The normalized spacial score (nSPS) is 34.2. The van der Waals surface area contributed by atoms with Crippen LogP contribution in [0.5, 0.6) is 0 Å². The Kier molecular flexibility index (Phi) is 2.69. The lowest BCUT2D eigenvalue weighted by atomic mass is 9.75. The molecule has 1 fully saturated rings. The van der Waals surface area contributed by atoms with E-state index in [9.17, 15) is 10.5 Å². The van der Waals surface area contributed by atoms with Crippen molar-refractivity contribution < 1.29 is 0 Å². The Morgan fingerprint density at radius 3 is 2.20 bits per heavy atom. The molecular weight excluding hydrogens is 304 g/mol. The molecule has 0 aromatic heterocycles. The van der Waals surface area contributed by atoms with E-state index in [1.165, 1.54) is 0 Å². The minimum atomic E-state index is -0.533. The molecule has 2 aromatic rings. The van der Waals surface area contributed by atoms with Crippen LogP contribution in [0.25, 0.3) is 5.57 Å². The summed E-state index contributed by atoms with van der Waals surface area (Å²) in [4.78, 5) is 0. The Morgan fingerprint density at radius 1 is 0.880 bits per heavy atom. The van der Waals surface area contributed by atoms with Gasteiger partial charge in [-0.15, -0.1) is 0 Å². The van der Waals surface area contributed by atoms with E-state index in [1.54, 1.807) is 0 Å². The molecule has 0 spiro atoms. The van der Waals surface area contributed by atoms with Crippen LogP contribution in [0.2, 0.25) is 0 Å². The van der Waals surface area contributed by atoms with Gasteiger partial charge in [0.15, 0.2) is 0 Å². The molecule has 1 saturated carbocycles. The standard InChI is InChI=1S/C23H16N2/c24-14-17-12-23(18-9-5-2-6-10-18)21-11-19(17)20(13-22(21,23)15-25)16-7-3-1-4-8-16/h1-10,12-13,19,21H,11H2/t19-,21-,22-,23+/m1/s1. The Bertz CT molecular complexity index is 1000. The largest absolute Gasteiger partial charge is 0.197 e. The Morgan fingerprint density at radius 2 is 1.56 bits per heavy atom. The van der Waals surface area contributed by atoms with Crippen LogP contribution in [-0.4, -0.2) is 0 Å². The topological polar surface area (TPSA) is 47.6 Å². The Hall–Kier alpha value is -3.10. The van der Waals surface area contributed by atoms with Gasteiger partial charge in [-0.05, 0) is 29.0 Å². The second kappa shape index (κ2) is 4.71. The summed E-state index contributed by atoms with van der Waals surface area (Å²) in [5, 5.41) is 20.0. The summed E-state index contributed by atoms with van der Waals surface area (Å²) >= 11 is 0. The molecule has 0 radical (unpaired) electrons. The molecule has 0 aliphatic heterocycles. The van der Waals surface area contributed by atoms with E-state index in [4.69, 9.17) is 0 Å². The van der Waals surface area contributed by atoms with Crippen LogP contribution in [-0.2, 0) is 5.41 Å². The van der Waals surface area contributed by atoms with Gasteiger partial charge >= 0.3 is 0 Å². The number of nitriles is 2. The van der Waals surface area contributed by atoms with Crippen molar-refractivity contribution in [2.24, 2.45) is 17.3 Å². The van der Waals surface area contributed by atoms with Crippen LogP contribution in [0.3, 0.4) is 0 Å². The second-order valence-corrected chi connectivity index (χ2v) is 7.23. The molecular formula is C23H16N2. The SMILES string of the molecule is N#CC1=C[C@]2(c3ccccc3)[C@@H]3C[C@H]1C(c1ccccc1)=C[C@@]32C#N. The molecule has 3 aliphatic carbocycles. The number of fused-ring (bicyclic) bond motifs is 2. The van der Waals surface area contributed by atoms with Gasteiger partial charge in [0.1, 0.15) is 0 Å². The van der Waals surface area contributed by atoms with E-state index in [0.29, 0.717) is 0 Å². The zero-order valence-corrected chi connectivity index (χ0v) is 13.7. The average Bonchev–Trinajstić information content (AvgIpc) is 3.34. The van der Waals surface area contributed by atoms with Gasteiger partial charge < -0.3 is 0 Å². The molecule has 5 rings (SSSR count). The van der Waals surface area contributed by atoms with E-state index < -0.39 is 5.41 Å². The molecule has 0 heterocycles. The molecule has 2 aromatic carbocycles. The van der Waals surface area contributed by atoms with Crippen LogP contribution in [0.4, 0.5) is 0 Å². The smallest absolute Gasteiger partial charge is 0.0950 e. The Balaban J connectivity index is 1.78. The van der Waals surface area contributed by atoms with E-state index >= 15 is 0 Å². The number of allylic oxidation sites excluding steroid dienone is 4. The molecule has 0 saturated heterocycles. The number of rotatable bonds is 2. The fourth-order valence-electron chi connectivity index (χ4n) is 5.23. The lowest BCUT2D eigenvalue weighted by Crippen LogP contribution is -2.18. The van der Waals surface area contributed by atoms with Crippen molar-refractivity contribution in [3.8, 4) is 12.1 Å². The third-order valence-electron chi connectivity index (χ3n) is 6.36. The maximum atomic E-state index is 10.2. The van der Waals surface area contributed by atoms with E-state index in [-0.39, 0.29) is 17.3 Å². The van der Waals surface area contributed by atoms with E-state index in [2.05, 4.69) is 48.6 Å². The van der Waals surface area contributed by atoms with Gasteiger partial charge in [-0.1, -0.05) is 72.8 Å². The summed E-state index contributed by atoms with van der Waals surface area (Å²) in [6.07, 6.45) is 5.16. The predicted molar refractivity (Wildman–Crippen MR) is 95.9 cm³/mol. The summed E-state index contributed by atoms with van der Waals surface area (Å²) in [6, 6.07) is 25.5. The third-order valence-corrected chi connectivity index (χ3v) is 6.36. The lowest BCUT2D eigenvalue weighted by molar-refractivity contribution is 0.533. The predicted octanol–water partition coefficient (Wildman–Crippen LogP) is 4.63. The number of hydrogen-bond acceptors (Lipinski definition) is 2. The fraction of sp³-hybridized carbons (Fsp3) is 0.217. The van der Waals surface area contributed by atoms with Gasteiger partial charge in [-0.25, -0.2) is 0 Å². The highest BCUT2D eigenvalue weighted by molar-refractivity contribution is 5.80. The van der Waals surface area contributed by atoms with Gasteiger partial charge in [0.05, 0.1) is 17.6 Å². The summed E-state index contributed by atoms with van der Waals surface area (Å²) in [7, 11) is 0. The van der Waals surface area contributed by atoms with Crippen molar-refractivity contribution in [2.75, 3.05) is 0 Å². The van der Waals surface area contributed by atoms with Gasteiger partial charge in [0, 0.05) is 16.9 Å². The highest BCUT2D eigenvalue weighted by atomic mass is 14.8. The lowest BCUT2D eigenvalue weighted by Gasteiger charge is -2.27. The van der Waals surface area contributed by atoms with E-state index in [1.807, 2.05) is 36.4 Å². The highest BCUT2D eigenvalue weighted by Crippen LogP contribution is 2.78. The second-order valence-electron chi connectivity index (χ2n) is 7.23. The van der Waals surface area contributed by atoms with Gasteiger partial charge in [-0.3, -0.25) is 0 Å². The van der Waals surface area contributed by atoms with Crippen LogP contribution in [0.1, 0.15) is 17.5 Å². The molecule has 0 amide bonds. The van der Waals surface area contributed by atoms with Crippen LogP contribution in [0, 0.1) is 39.9 Å². The number of nitrogens with zero attached hydrogens (tertiary/aromatic N) is 2. The van der Waals surface area contributed by atoms with E-state index in [0.717, 1.165) is 28.7 Å². The first-order valence-electron chi connectivity index (χ1n) is 8.64. The van der Waals surface area contributed by atoms with Crippen LogP contribution in [0.15, 0.2) is 78.4 Å². The summed E-state index contributed by atoms with van der Waals surface area (Å²) in [5.41, 5.74) is 3.34. The van der Waals surface area contributed by atoms with Crippen molar-refractivity contribution in [3.05, 3.63) is 89.5 Å². The maximum Gasteiger partial charge on any atom is 0.0950 e. The fourth-order valence-corrected chi connectivity index (χ4v) is 5.23. The number of benzene rings is 2. The van der Waals surface area contributed by atoms with Crippen molar-refractivity contribution in [1.29, 1.82) is 10.5 Å². The zero-order valence-electron chi connectivity index (χ0n) is 13.7. The molecule has 2 bridgehead atoms. The quantitative estimate of drug-likeness (QED) is 0.810. The molecule has 118 valence electrons. The molecule has 0 unspecified atom stereocenters. The molecule has 2 nitrogen and oxygen atoms in total. The summed E-state index contributed by atoms with van der Waals surface area (Å²) in [5.74, 6) is 0.375. The minimum Gasteiger partial charge on any atom is -0.197 e. The van der Waals surface area contributed by atoms with Gasteiger partial charge in [-0.2, -0.15) is 10.5 Å². The number of hydrogen-bond donors (Lipinski definition) is 0.